The number of aryl methyl sites for hydroxylation is 1. The number of Topliss-reactive ketones (excluding diaryl/α,β-unsaturated/α-hetero) is 1. The van der Waals surface area contributed by atoms with Crippen LogP contribution in [0.2, 0.25) is 0 Å². The Hall–Kier alpha value is -3.32. The van der Waals surface area contributed by atoms with E-state index in [1.54, 1.807) is 23.1 Å². The van der Waals surface area contributed by atoms with Gasteiger partial charge in [0.25, 0.3) is 11.7 Å². The van der Waals surface area contributed by atoms with Crippen LogP contribution in [-0.2, 0) is 9.59 Å². The minimum absolute atomic E-state index is 0.0134. The second-order valence-electron chi connectivity index (χ2n) is 9.36. The monoisotopic (exact) mass is 480 g/mol. The molecule has 35 heavy (non-hydrogen) atoms. The number of amides is 1. The number of ketones is 1. The lowest BCUT2D eigenvalue weighted by atomic mass is 9.94. The van der Waals surface area contributed by atoms with Gasteiger partial charge in [-0.25, -0.2) is 0 Å². The summed E-state index contributed by atoms with van der Waals surface area (Å²) >= 11 is 0. The molecule has 1 aliphatic heterocycles. The van der Waals surface area contributed by atoms with Gasteiger partial charge in [-0.1, -0.05) is 19.1 Å². The van der Waals surface area contributed by atoms with Crippen LogP contribution in [-0.4, -0.2) is 66.5 Å². The molecule has 1 N–H and O–H groups in total. The first-order valence-electron chi connectivity index (χ1n) is 12.1. The number of nitrogens with zero attached hydrogens (tertiary/aromatic N) is 2. The van der Waals surface area contributed by atoms with Crippen LogP contribution in [0.25, 0.3) is 5.76 Å². The SMILES string of the molecule is CCCOc1ccc(C2C(=C(O)c3ccc(OC(C)C)c(C)c3)C(=O)C(=O)N2CCN(C)C)cc1. The van der Waals surface area contributed by atoms with Crippen LogP contribution in [0.4, 0.5) is 0 Å². The maximum atomic E-state index is 13.2. The quantitative estimate of drug-likeness (QED) is 0.305. The molecule has 1 heterocycles. The summed E-state index contributed by atoms with van der Waals surface area (Å²) in [5, 5.41) is 11.3. The fraction of sp³-hybridized carbons (Fsp3) is 0.429. The average Bonchev–Trinajstić information content (AvgIpc) is 3.07. The highest BCUT2D eigenvalue weighted by Crippen LogP contribution is 2.40. The Morgan fingerprint density at radius 1 is 1.11 bits per heavy atom. The minimum Gasteiger partial charge on any atom is -0.507 e. The summed E-state index contributed by atoms with van der Waals surface area (Å²) in [7, 11) is 3.82. The minimum atomic E-state index is -0.693. The number of aliphatic hydroxyl groups is 1. The van der Waals surface area contributed by atoms with Gasteiger partial charge < -0.3 is 24.4 Å². The Bertz CT molecular complexity index is 1090. The number of carbonyl (C=O) groups excluding carboxylic acids is 2. The topological polar surface area (TPSA) is 79.3 Å². The van der Waals surface area contributed by atoms with Crippen molar-refractivity contribution < 1.29 is 24.2 Å². The normalized spacial score (nSPS) is 17.5. The summed E-state index contributed by atoms with van der Waals surface area (Å²) in [5.74, 6) is -0.0514. The van der Waals surface area contributed by atoms with Crippen molar-refractivity contribution in [1.82, 2.24) is 9.80 Å². The van der Waals surface area contributed by atoms with Crippen molar-refractivity contribution in [1.29, 1.82) is 0 Å². The van der Waals surface area contributed by atoms with Crippen molar-refractivity contribution >= 4 is 17.4 Å². The first-order chi connectivity index (χ1) is 16.6. The van der Waals surface area contributed by atoms with E-state index in [1.807, 2.05) is 71.0 Å². The largest absolute Gasteiger partial charge is 0.507 e. The number of likely N-dealkylation sites (N-methyl/N-ethyl adjacent to an activating group) is 1. The molecule has 7 nitrogen and oxygen atoms in total. The van der Waals surface area contributed by atoms with Crippen LogP contribution in [0.3, 0.4) is 0 Å². The Morgan fingerprint density at radius 3 is 2.37 bits per heavy atom. The highest BCUT2D eigenvalue weighted by Gasteiger charge is 2.45. The number of benzene rings is 2. The number of hydrogen-bond acceptors (Lipinski definition) is 6. The van der Waals surface area contributed by atoms with E-state index in [0.29, 0.717) is 31.0 Å². The van der Waals surface area contributed by atoms with Crippen LogP contribution in [0, 0.1) is 6.92 Å². The smallest absolute Gasteiger partial charge is 0.295 e. The lowest BCUT2D eigenvalue weighted by Gasteiger charge is -2.26. The standard InChI is InChI=1S/C28H36N2O5/c1-7-16-34-22-11-8-20(9-12-22)25-24(27(32)28(33)30(25)15-14-29(5)6)26(31)21-10-13-23(19(4)17-21)35-18(2)3/h8-13,17-18,25,31H,7,14-16H2,1-6H3. The Morgan fingerprint density at radius 2 is 1.80 bits per heavy atom. The Labute approximate surface area is 207 Å². The first kappa shape index (κ1) is 26.3. The zero-order chi connectivity index (χ0) is 25.7. The third-order valence-corrected chi connectivity index (χ3v) is 5.81. The van der Waals surface area contributed by atoms with Crippen LogP contribution in [0.5, 0.6) is 11.5 Å². The molecule has 1 aliphatic rings. The van der Waals surface area contributed by atoms with E-state index in [2.05, 4.69) is 0 Å². The highest BCUT2D eigenvalue weighted by atomic mass is 16.5. The van der Waals surface area contributed by atoms with Gasteiger partial charge in [-0.15, -0.1) is 0 Å². The first-order valence-corrected chi connectivity index (χ1v) is 12.1. The van der Waals surface area contributed by atoms with Gasteiger partial charge in [0, 0.05) is 18.7 Å². The average molecular weight is 481 g/mol. The zero-order valence-corrected chi connectivity index (χ0v) is 21.5. The van der Waals surface area contributed by atoms with E-state index in [0.717, 1.165) is 23.3 Å². The molecule has 0 bridgehead atoms. The summed E-state index contributed by atoms with van der Waals surface area (Å²) in [6.45, 7) is 9.36. The van der Waals surface area contributed by atoms with Crippen molar-refractivity contribution in [3.63, 3.8) is 0 Å². The Balaban J connectivity index is 2.07. The van der Waals surface area contributed by atoms with Crippen molar-refractivity contribution in [3.05, 3.63) is 64.7 Å². The van der Waals surface area contributed by atoms with Gasteiger partial charge in [-0.05, 0) is 82.7 Å². The van der Waals surface area contributed by atoms with Gasteiger partial charge in [0.05, 0.1) is 24.3 Å². The fourth-order valence-electron chi connectivity index (χ4n) is 4.07. The third-order valence-electron chi connectivity index (χ3n) is 5.81. The van der Waals surface area contributed by atoms with Gasteiger partial charge in [0.15, 0.2) is 0 Å². The van der Waals surface area contributed by atoms with E-state index in [4.69, 9.17) is 9.47 Å². The van der Waals surface area contributed by atoms with Gasteiger partial charge in [0.1, 0.15) is 17.3 Å². The molecule has 1 atom stereocenters. The van der Waals surface area contributed by atoms with E-state index >= 15 is 0 Å². The Kier molecular flexibility index (Phi) is 8.57. The number of ether oxygens (including phenoxy) is 2. The van der Waals surface area contributed by atoms with E-state index < -0.39 is 17.7 Å². The predicted molar refractivity (Wildman–Crippen MR) is 137 cm³/mol. The zero-order valence-electron chi connectivity index (χ0n) is 21.5. The van der Waals surface area contributed by atoms with E-state index in [9.17, 15) is 14.7 Å². The molecule has 2 aromatic carbocycles. The molecule has 0 aliphatic carbocycles. The molecule has 1 amide bonds. The molecule has 0 radical (unpaired) electrons. The highest BCUT2D eigenvalue weighted by molar-refractivity contribution is 6.46. The molecule has 1 unspecified atom stereocenters. The maximum absolute atomic E-state index is 13.2. The molecule has 1 saturated heterocycles. The lowest BCUT2D eigenvalue weighted by Crippen LogP contribution is -2.35. The van der Waals surface area contributed by atoms with Crippen molar-refractivity contribution in [2.75, 3.05) is 33.8 Å². The number of aliphatic hydroxyl groups excluding tert-OH is 1. The summed E-state index contributed by atoms with van der Waals surface area (Å²) in [4.78, 5) is 29.8. The van der Waals surface area contributed by atoms with Gasteiger partial charge >= 0.3 is 0 Å². The second kappa shape index (κ2) is 11.4. The summed E-state index contributed by atoms with van der Waals surface area (Å²) in [5.41, 5.74) is 2.13. The predicted octanol–water partition coefficient (Wildman–Crippen LogP) is 4.55. The number of likely N-dealkylation sites (tertiary alicyclic amines) is 1. The summed E-state index contributed by atoms with van der Waals surface area (Å²) in [6.07, 6.45) is 0.909. The molecule has 3 rings (SSSR count). The van der Waals surface area contributed by atoms with Crippen molar-refractivity contribution in [2.24, 2.45) is 0 Å². The molecule has 188 valence electrons. The third kappa shape index (κ3) is 6.03. The number of rotatable bonds is 10. The van der Waals surface area contributed by atoms with Crippen molar-refractivity contribution in [3.8, 4) is 11.5 Å². The van der Waals surface area contributed by atoms with E-state index in [-0.39, 0.29) is 17.4 Å². The van der Waals surface area contributed by atoms with Gasteiger partial charge in [0.2, 0.25) is 0 Å². The molecule has 0 aromatic heterocycles. The van der Waals surface area contributed by atoms with Crippen molar-refractivity contribution in [2.45, 2.75) is 46.3 Å². The van der Waals surface area contributed by atoms with Crippen LogP contribution < -0.4 is 9.47 Å². The van der Waals surface area contributed by atoms with Crippen LogP contribution in [0.1, 0.15) is 49.9 Å². The second-order valence-corrected chi connectivity index (χ2v) is 9.36. The summed E-state index contributed by atoms with van der Waals surface area (Å²) in [6, 6.07) is 11.9. The number of hydrogen-bond donors (Lipinski definition) is 1. The van der Waals surface area contributed by atoms with Crippen LogP contribution in [0.15, 0.2) is 48.0 Å². The molecule has 0 saturated carbocycles. The van der Waals surface area contributed by atoms with Gasteiger partial charge in [-0.2, -0.15) is 0 Å². The molecular weight excluding hydrogens is 444 g/mol. The van der Waals surface area contributed by atoms with Gasteiger partial charge in [-0.3, -0.25) is 9.59 Å². The van der Waals surface area contributed by atoms with E-state index in [1.165, 1.54) is 0 Å². The number of carbonyl (C=O) groups is 2. The molecule has 7 heteroatoms. The molecular formula is C28H36N2O5. The summed E-state index contributed by atoms with van der Waals surface area (Å²) < 4.78 is 11.5. The van der Waals surface area contributed by atoms with Crippen LogP contribution >= 0.6 is 0 Å². The molecule has 0 spiro atoms. The fourth-order valence-corrected chi connectivity index (χ4v) is 4.07. The lowest BCUT2D eigenvalue weighted by molar-refractivity contribution is -0.140. The molecule has 2 aromatic rings. The maximum Gasteiger partial charge on any atom is 0.295 e. The molecule has 1 fully saturated rings.